The molecule has 13 heteroatoms. The number of nitrogens with one attached hydrogen (secondary N) is 1. The fourth-order valence-electron chi connectivity index (χ4n) is 4.65. The second kappa shape index (κ2) is 16.6. The molecule has 0 bridgehead atoms. The maximum atomic E-state index is 14.3. The van der Waals surface area contributed by atoms with E-state index in [0.717, 1.165) is 4.31 Å². The van der Waals surface area contributed by atoms with E-state index >= 15 is 0 Å². The predicted molar refractivity (Wildman–Crippen MR) is 176 cm³/mol. The SMILES string of the molecule is CCCNC(=O)C(CC)N(Cc1c(Cl)cccc1Cl)C(=O)CN(c1ccc(OCC)cc1)S(=O)(=O)c1ccc(OC)c(OC)c1. The van der Waals surface area contributed by atoms with Crippen LogP contribution in [0.2, 0.25) is 10.0 Å². The van der Waals surface area contributed by atoms with E-state index in [9.17, 15) is 18.0 Å². The molecule has 0 aliphatic heterocycles. The molecular formula is C32H39Cl2N3O7S. The van der Waals surface area contributed by atoms with Crippen LogP contribution < -0.4 is 23.8 Å². The molecular weight excluding hydrogens is 641 g/mol. The number of hydrogen-bond donors (Lipinski definition) is 1. The lowest BCUT2D eigenvalue weighted by Crippen LogP contribution is -2.52. The quantitative estimate of drug-likeness (QED) is 0.199. The summed E-state index contributed by atoms with van der Waals surface area (Å²) in [4.78, 5) is 28.8. The number of amides is 2. The monoisotopic (exact) mass is 679 g/mol. The Hall–Kier alpha value is -3.67. The highest BCUT2D eigenvalue weighted by atomic mass is 35.5. The molecule has 10 nitrogen and oxygen atoms in total. The van der Waals surface area contributed by atoms with Crippen LogP contribution in [0.5, 0.6) is 17.2 Å². The summed E-state index contributed by atoms with van der Waals surface area (Å²) < 4.78 is 45.7. The number of anilines is 1. The van der Waals surface area contributed by atoms with Crippen LogP contribution in [-0.2, 0) is 26.2 Å². The molecule has 3 aromatic rings. The number of carbonyl (C=O) groups is 2. The van der Waals surface area contributed by atoms with Gasteiger partial charge in [-0.2, -0.15) is 0 Å². The first-order valence-electron chi connectivity index (χ1n) is 14.5. The summed E-state index contributed by atoms with van der Waals surface area (Å²) in [6.07, 6.45) is 0.955. The molecule has 0 aliphatic carbocycles. The molecule has 0 spiro atoms. The van der Waals surface area contributed by atoms with Gasteiger partial charge in [-0.3, -0.25) is 13.9 Å². The Morgan fingerprint density at radius 2 is 1.56 bits per heavy atom. The minimum Gasteiger partial charge on any atom is -0.494 e. The molecule has 1 atom stereocenters. The summed E-state index contributed by atoms with van der Waals surface area (Å²) in [6, 6.07) is 14.5. The first kappa shape index (κ1) is 35.8. The van der Waals surface area contributed by atoms with Crippen molar-refractivity contribution in [2.45, 2.75) is 51.1 Å². The van der Waals surface area contributed by atoms with Crippen molar-refractivity contribution in [2.75, 3.05) is 38.2 Å². The van der Waals surface area contributed by atoms with E-state index in [2.05, 4.69) is 5.32 Å². The molecule has 0 aliphatic rings. The fourth-order valence-corrected chi connectivity index (χ4v) is 6.59. The van der Waals surface area contributed by atoms with Crippen molar-refractivity contribution >= 4 is 50.7 Å². The molecule has 1 unspecified atom stereocenters. The Balaban J connectivity index is 2.14. The van der Waals surface area contributed by atoms with Gasteiger partial charge in [-0.1, -0.05) is 43.1 Å². The maximum Gasteiger partial charge on any atom is 0.264 e. The number of sulfonamides is 1. The molecule has 0 fully saturated rings. The van der Waals surface area contributed by atoms with E-state index < -0.39 is 28.5 Å². The van der Waals surface area contributed by atoms with Crippen LogP contribution in [-0.4, -0.2) is 65.1 Å². The van der Waals surface area contributed by atoms with E-state index in [0.29, 0.717) is 46.7 Å². The third kappa shape index (κ3) is 8.74. The van der Waals surface area contributed by atoms with Crippen LogP contribution >= 0.6 is 23.2 Å². The van der Waals surface area contributed by atoms with Crippen LogP contribution in [0.25, 0.3) is 0 Å². The van der Waals surface area contributed by atoms with Crippen molar-refractivity contribution in [1.29, 1.82) is 0 Å². The van der Waals surface area contributed by atoms with E-state index in [1.807, 2.05) is 13.8 Å². The Bertz CT molecular complexity index is 1550. The van der Waals surface area contributed by atoms with Gasteiger partial charge < -0.3 is 24.4 Å². The third-order valence-electron chi connectivity index (χ3n) is 6.98. The zero-order chi connectivity index (χ0) is 33.1. The lowest BCUT2D eigenvalue weighted by Gasteiger charge is -2.33. The highest BCUT2D eigenvalue weighted by Crippen LogP contribution is 2.33. The summed E-state index contributed by atoms with van der Waals surface area (Å²) in [7, 11) is -1.53. The van der Waals surface area contributed by atoms with Crippen molar-refractivity contribution < 1.29 is 32.2 Å². The second-order valence-corrected chi connectivity index (χ2v) is 12.6. The van der Waals surface area contributed by atoms with E-state index in [-0.39, 0.29) is 35.2 Å². The van der Waals surface area contributed by atoms with E-state index in [4.69, 9.17) is 37.4 Å². The number of methoxy groups -OCH3 is 2. The standard InChI is InChI=1S/C32H39Cl2N3O7S/c1-6-18-35-32(39)28(7-2)36(20-25-26(33)10-9-11-27(25)34)31(38)21-37(22-12-14-23(15-13-22)44-8-3)45(40,41)24-16-17-29(42-4)30(19-24)43-5/h9-17,19,28H,6-8,18,20-21H2,1-5H3,(H,35,39). The largest absolute Gasteiger partial charge is 0.494 e. The van der Waals surface area contributed by atoms with Crippen LogP contribution in [0.3, 0.4) is 0 Å². The van der Waals surface area contributed by atoms with Gasteiger partial charge in [0.1, 0.15) is 18.3 Å². The maximum absolute atomic E-state index is 14.3. The molecule has 0 aromatic heterocycles. The Morgan fingerprint density at radius 3 is 2.11 bits per heavy atom. The van der Waals surface area contributed by atoms with E-state index in [1.54, 1.807) is 49.4 Å². The first-order valence-corrected chi connectivity index (χ1v) is 16.7. The fraction of sp³-hybridized carbons (Fsp3) is 0.375. The van der Waals surface area contributed by atoms with Crippen LogP contribution in [0.4, 0.5) is 5.69 Å². The normalized spacial score (nSPS) is 11.8. The van der Waals surface area contributed by atoms with Gasteiger partial charge in [0.15, 0.2) is 11.5 Å². The number of rotatable bonds is 16. The molecule has 0 saturated heterocycles. The van der Waals surface area contributed by atoms with Gasteiger partial charge >= 0.3 is 0 Å². The van der Waals surface area contributed by atoms with Crippen molar-refractivity contribution in [3.63, 3.8) is 0 Å². The third-order valence-corrected chi connectivity index (χ3v) is 9.46. The van der Waals surface area contributed by atoms with Gasteiger partial charge in [0.2, 0.25) is 11.8 Å². The molecule has 244 valence electrons. The molecule has 3 rings (SSSR count). The topological polar surface area (TPSA) is 114 Å². The number of carbonyl (C=O) groups excluding carboxylic acids is 2. The number of nitrogens with zero attached hydrogens (tertiary/aromatic N) is 2. The van der Waals surface area contributed by atoms with Gasteiger partial charge in [0, 0.05) is 34.8 Å². The Kier molecular flexibility index (Phi) is 13.2. The molecule has 2 amide bonds. The van der Waals surface area contributed by atoms with Crippen molar-refractivity contribution in [1.82, 2.24) is 10.2 Å². The number of hydrogen-bond acceptors (Lipinski definition) is 7. The van der Waals surface area contributed by atoms with Crippen LogP contribution in [0.15, 0.2) is 65.6 Å². The average molecular weight is 681 g/mol. The zero-order valence-corrected chi connectivity index (χ0v) is 28.3. The highest BCUT2D eigenvalue weighted by molar-refractivity contribution is 7.92. The average Bonchev–Trinajstić information content (AvgIpc) is 3.03. The molecule has 0 radical (unpaired) electrons. The Labute approximate surface area is 275 Å². The number of ether oxygens (including phenoxy) is 3. The van der Waals surface area contributed by atoms with Gasteiger partial charge in [0.25, 0.3) is 10.0 Å². The smallest absolute Gasteiger partial charge is 0.264 e. The van der Waals surface area contributed by atoms with Crippen LogP contribution in [0, 0.1) is 0 Å². The summed E-state index contributed by atoms with van der Waals surface area (Å²) in [6.45, 7) is 5.60. The van der Waals surface area contributed by atoms with Crippen molar-refractivity contribution in [3.8, 4) is 17.2 Å². The van der Waals surface area contributed by atoms with Gasteiger partial charge in [-0.05, 0) is 68.3 Å². The molecule has 0 saturated carbocycles. The highest BCUT2D eigenvalue weighted by Gasteiger charge is 2.34. The minimum absolute atomic E-state index is 0.122. The first-order chi connectivity index (χ1) is 21.5. The van der Waals surface area contributed by atoms with Gasteiger partial charge in [-0.15, -0.1) is 0 Å². The molecule has 45 heavy (non-hydrogen) atoms. The number of benzene rings is 3. The van der Waals surface area contributed by atoms with Gasteiger partial charge in [-0.25, -0.2) is 8.42 Å². The van der Waals surface area contributed by atoms with Crippen LogP contribution in [0.1, 0.15) is 39.2 Å². The molecule has 0 heterocycles. The van der Waals surface area contributed by atoms with Gasteiger partial charge in [0.05, 0.1) is 31.4 Å². The van der Waals surface area contributed by atoms with E-state index in [1.165, 1.54) is 37.3 Å². The lowest BCUT2D eigenvalue weighted by atomic mass is 10.1. The Morgan fingerprint density at radius 1 is 0.911 bits per heavy atom. The predicted octanol–water partition coefficient (Wildman–Crippen LogP) is 5.94. The van der Waals surface area contributed by atoms with Crippen molar-refractivity contribution in [3.05, 3.63) is 76.3 Å². The second-order valence-electron chi connectivity index (χ2n) is 9.89. The summed E-state index contributed by atoms with van der Waals surface area (Å²) in [5.74, 6) is 0.0651. The lowest BCUT2D eigenvalue weighted by molar-refractivity contribution is -0.140. The number of halogens is 2. The zero-order valence-electron chi connectivity index (χ0n) is 26.0. The summed E-state index contributed by atoms with van der Waals surface area (Å²) in [5.41, 5.74) is 0.645. The summed E-state index contributed by atoms with van der Waals surface area (Å²) in [5, 5.41) is 3.47. The molecule has 1 N–H and O–H groups in total. The molecule has 3 aromatic carbocycles. The minimum atomic E-state index is -4.36. The summed E-state index contributed by atoms with van der Waals surface area (Å²) >= 11 is 12.9. The van der Waals surface area contributed by atoms with Crippen molar-refractivity contribution in [2.24, 2.45) is 0 Å².